The lowest BCUT2D eigenvalue weighted by Crippen LogP contribution is -2.48. The summed E-state index contributed by atoms with van der Waals surface area (Å²) in [5.41, 5.74) is -1.38. The van der Waals surface area contributed by atoms with Crippen LogP contribution in [-0.4, -0.2) is 39.3 Å². The molecule has 0 spiro atoms. The Morgan fingerprint density at radius 2 is 2.05 bits per heavy atom. The van der Waals surface area contributed by atoms with Gasteiger partial charge >= 0.3 is 5.97 Å². The Balaban J connectivity index is 3.18. The minimum atomic E-state index is -1.35. The third-order valence-electron chi connectivity index (χ3n) is 3.66. The maximum Gasteiger partial charge on any atom is 0.328 e. The highest BCUT2D eigenvalue weighted by molar-refractivity contribution is 5.92. The van der Waals surface area contributed by atoms with E-state index in [-0.39, 0.29) is 17.8 Å². The van der Waals surface area contributed by atoms with Gasteiger partial charge < -0.3 is 15.3 Å². The molecule has 0 bridgehead atoms. The molecule has 0 radical (unpaired) electrons. The summed E-state index contributed by atoms with van der Waals surface area (Å²) in [6.45, 7) is 4.75. The molecule has 0 aliphatic heterocycles. The zero-order chi connectivity index (χ0) is 15.6. The van der Waals surface area contributed by atoms with Crippen molar-refractivity contribution in [2.75, 3.05) is 6.61 Å². The first-order valence-electron chi connectivity index (χ1n) is 6.30. The van der Waals surface area contributed by atoms with Crippen LogP contribution in [0.2, 0.25) is 0 Å². The number of aliphatic hydroxyl groups excluding tert-OH is 1. The van der Waals surface area contributed by atoms with Gasteiger partial charge in [0.2, 0.25) is 0 Å². The molecular weight excluding hydrogens is 260 g/mol. The fourth-order valence-corrected chi connectivity index (χ4v) is 2.40. The smallest absolute Gasteiger partial charge is 0.328 e. The highest BCUT2D eigenvalue weighted by atomic mass is 16.4. The Morgan fingerprint density at radius 3 is 2.50 bits per heavy atom. The summed E-state index contributed by atoms with van der Waals surface area (Å²) >= 11 is 0. The Kier molecular flexibility index (Phi) is 4.68. The number of carboxylic acid groups (broad SMARTS) is 1. The number of carbonyl (C=O) groups excluding carboxylic acids is 1. The van der Waals surface area contributed by atoms with E-state index in [9.17, 15) is 14.7 Å². The average Bonchev–Trinajstić information content (AvgIpc) is 2.30. The Bertz CT molecular complexity index is 510. The third kappa shape index (κ3) is 3.23. The van der Waals surface area contributed by atoms with Crippen LogP contribution in [0, 0.1) is 5.41 Å². The van der Waals surface area contributed by atoms with Crippen molar-refractivity contribution < 1.29 is 24.9 Å². The summed E-state index contributed by atoms with van der Waals surface area (Å²) in [6.07, 6.45) is 5.29. The second kappa shape index (κ2) is 5.73. The fourth-order valence-electron chi connectivity index (χ4n) is 2.40. The molecule has 0 amide bonds. The Labute approximate surface area is 117 Å². The molecule has 0 saturated heterocycles. The minimum absolute atomic E-state index is 0.0472. The quantitative estimate of drug-likeness (QED) is 0.531. The highest BCUT2D eigenvalue weighted by Gasteiger charge is 2.46. The topological polar surface area (TPSA) is 94.8 Å². The van der Waals surface area contributed by atoms with Gasteiger partial charge in [-0.15, -0.1) is 0 Å². The van der Waals surface area contributed by atoms with Crippen LogP contribution in [0.25, 0.3) is 0 Å². The summed E-state index contributed by atoms with van der Waals surface area (Å²) < 4.78 is 0. The van der Waals surface area contributed by atoms with Crippen molar-refractivity contribution in [1.82, 2.24) is 0 Å². The van der Waals surface area contributed by atoms with Gasteiger partial charge in [-0.2, -0.15) is 0 Å². The lowest BCUT2D eigenvalue weighted by atomic mass is 9.64. The largest absolute Gasteiger partial charge is 0.478 e. The number of hydrogen-bond acceptors (Lipinski definition) is 4. The van der Waals surface area contributed by atoms with Crippen LogP contribution in [0.3, 0.4) is 0 Å². The monoisotopic (exact) mass is 280 g/mol. The molecule has 1 aliphatic carbocycles. The second-order valence-electron chi connectivity index (χ2n) is 5.67. The van der Waals surface area contributed by atoms with E-state index in [2.05, 4.69) is 0 Å². The molecule has 5 nitrogen and oxygen atoms in total. The number of hydrogen-bond donors (Lipinski definition) is 3. The highest BCUT2D eigenvalue weighted by Crippen LogP contribution is 2.44. The normalized spacial score (nSPS) is 26.8. The van der Waals surface area contributed by atoms with Crippen LogP contribution >= 0.6 is 0 Å². The van der Waals surface area contributed by atoms with Crippen LogP contribution in [0.4, 0.5) is 0 Å². The van der Waals surface area contributed by atoms with E-state index in [1.165, 1.54) is 18.2 Å². The summed E-state index contributed by atoms with van der Waals surface area (Å²) in [5, 5.41) is 28.6. The van der Waals surface area contributed by atoms with Crippen molar-refractivity contribution in [3.63, 3.8) is 0 Å². The molecule has 20 heavy (non-hydrogen) atoms. The summed E-state index contributed by atoms with van der Waals surface area (Å²) in [6, 6.07) is 0. The number of carboxylic acids is 1. The summed E-state index contributed by atoms with van der Waals surface area (Å²) in [7, 11) is 0. The first-order valence-corrected chi connectivity index (χ1v) is 6.30. The standard InChI is InChI=1S/C15H20O5/c1-10-6-12(17)8-14(2,3)15(10,20)5-4-11(9-16)7-13(18)19/h4-7,16,20H,8-9H2,1-3H3,(H,18,19)/b5-4+,11-7+. The molecule has 1 unspecified atom stereocenters. The fraction of sp³-hybridized carbons (Fsp3) is 0.467. The molecule has 1 aliphatic rings. The van der Waals surface area contributed by atoms with Crippen LogP contribution in [-0.2, 0) is 9.59 Å². The molecule has 1 atom stereocenters. The maximum atomic E-state index is 11.6. The van der Waals surface area contributed by atoms with Crippen molar-refractivity contribution in [2.45, 2.75) is 32.8 Å². The van der Waals surface area contributed by atoms with E-state index in [0.29, 0.717) is 5.57 Å². The number of ketones is 1. The zero-order valence-corrected chi connectivity index (χ0v) is 11.9. The summed E-state index contributed by atoms with van der Waals surface area (Å²) in [4.78, 5) is 22.2. The van der Waals surface area contributed by atoms with Crippen molar-refractivity contribution in [1.29, 1.82) is 0 Å². The predicted molar refractivity (Wildman–Crippen MR) is 74.1 cm³/mol. The van der Waals surface area contributed by atoms with E-state index in [1.807, 2.05) is 0 Å². The Hall–Kier alpha value is -1.72. The molecule has 0 aromatic carbocycles. The molecule has 0 saturated carbocycles. The first-order chi connectivity index (χ1) is 9.12. The predicted octanol–water partition coefficient (Wildman–Crippen LogP) is 1.22. The van der Waals surface area contributed by atoms with E-state index < -0.39 is 23.6 Å². The molecule has 0 heterocycles. The average molecular weight is 280 g/mol. The van der Waals surface area contributed by atoms with Gasteiger partial charge in [-0.25, -0.2) is 4.79 Å². The molecule has 1 rings (SSSR count). The number of allylic oxidation sites excluding steroid dienone is 1. The molecule has 5 heteroatoms. The van der Waals surface area contributed by atoms with Crippen LogP contribution in [0.5, 0.6) is 0 Å². The number of aliphatic carboxylic acids is 1. The van der Waals surface area contributed by atoms with Gasteiger partial charge in [0.15, 0.2) is 5.78 Å². The molecule has 0 aromatic rings. The molecule has 3 N–H and O–H groups in total. The SMILES string of the molecule is CC1=CC(=O)CC(C)(C)C1(O)/C=C/C(=C\C(=O)O)CO. The number of rotatable bonds is 4. The molecular formula is C15H20O5. The zero-order valence-electron chi connectivity index (χ0n) is 11.9. The van der Waals surface area contributed by atoms with E-state index in [0.717, 1.165) is 6.08 Å². The van der Waals surface area contributed by atoms with E-state index in [4.69, 9.17) is 10.2 Å². The summed E-state index contributed by atoms with van der Waals surface area (Å²) in [5.74, 6) is -1.22. The second-order valence-corrected chi connectivity index (χ2v) is 5.67. The molecule has 0 fully saturated rings. The van der Waals surface area contributed by atoms with Crippen molar-refractivity contribution in [3.8, 4) is 0 Å². The number of carbonyl (C=O) groups is 2. The van der Waals surface area contributed by atoms with Gasteiger partial charge in [0.25, 0.3) is 0 Å². The lowest BCUT2D eigenvalue weighted by Gasteiger charge is -2.44. The minimum Gasteiger partial charge on any atom is -0.478 e. The van der Waals surface area contributed by atoms with Gasteiger partial charge in [0.1, 0.15) is 5.60 Å². The van der Waals surface area contributed by atoms with Gasteiger partial charge in [-0.1, -0.05) is 19.9 Å². The van der Waals surface area contributed by atoms with Crippen molar-refractivity contribution in [3.05, 3.63) is 35.5 Å². The van der Waals surface area contributed by atoms with Crippen LogP contribution in [0.1, 0.15) is 27.2 Å². The van der Waals surface area contributed by atoms with E-state index >= 15 is 0 Å². The van der Waals surface area contributed by atoms with Gasteiger partial charge in [0, 0.05) is 17.9 Å². The van der Waals surface area contributed by atoms with Gasteiger partial charge in [-0.05, 0) is 30.2 Å². The van der Waals surface area contributed by atoms with Gasteiger partial charge in [0.05, 0.1) is 6.61 Å². The third-order valence-corrected chi connectivity index (χ3v) is 3.66. The van der Waals surface area contributed by atoms with Gasteiger partial charge in [-0.3, -0.25) is 4.79 Å². The Morgan fingerprint density at radius 1 is 1.45 bits per heavy atom. The van der Waals surface area contributed by atoms with Crippen molar-refractivity contribution in [2.24, 2.45) is 5.41 Å². The molecule has 0 aromatic heterocycles. The lowest BCUT2D eigenvalue weighted by molar-refractivity contribution is -0.131. The van der Waals surface area contributed by atoms with E-state index in [1.54, 1.807) is 20.8 Å². The van der Waals surface area contributed by atoms with Crippen LogP contribution in [0.15, 0.2) is 35.5 Å². The van der Waals surface area contributed by atoms with Crippen molar-refractivity contribution >= 4 is 11.8 Å². The maximum absolute atomic E-state index is 11.6. The van der Waals surface area contributed by atoms with Crippen LogP contribution < -0.4 is 0 Å². The molecule has 110 valence electrons. The number of aliphatic hydroxyl groups is 2. The first kappa shape index (κ1) is 16.3.